The van der Waals surface area contributed by atoms with Crippen LogP contribution in [-0.2, 0) is 20.9 Å². The highest BCUT2D eigenvalue weighted by Crippen LogP contribution is 2.38. The molecule has 9 nitrogen and oxygen atoms in total. The average Bonchev–Trinajstić information content (AvgIpc) is 3.32. The molecule has 0 saturated heterocycles. The molecule has 1 aromatic rings. The summed E-state index contributed by atoms with van der Waals surface area (Å²) in [5, 5.41) is 0. The van der Waals surface area contributed by atoms with E-state index in [1.54, 1.807) is 6.92 Å². The van der Waals surface area contributed by atoms with E-state index in [1.807, 2.05) is 13.8 Å². The average molecular weight is 366 g/mol. The number of aromatic amines is 1. The maximum absolute atomic E-state index is 12.5. The first-order valence-electron chi connectivity index (χ1n) is 8.91. The van der Waals surface area contributed by atoms with E-state index in [0.29, 0.717) is 13.0 Å². The van der Waals surface area contributed by atoms with Crippen LogP contribution >= 0.6 is 0 Å². The second-order valence-corrected chi connectivity index (χ2v) is 6.56. The third-order valence-corrected chi connectivity index (χ3v) is 4.59. The van der Waals surface area contributed by atoms with Crippen molar-refractivity contribution in [3.05, 3.63) is 20.8 Å². The van der Waals surface area contributed by atoms with Crippen molar-refractivity contribution in [2.24, 2.45) is 11.8 Å². The maximum atomic E-state index is 12.5. The molecule has 0 aliphatic heterocycles. The molecular formula is C17H26N4O5. The van der Waals surface area contributed by atoms with Gasteiger partial charge in [-0.2, -0.15) is 0 Å². The summed E-state index contributed by atoms with van der Waals surface area (Å²) in [5.74, 6) is -0.906. The first-order valence-corrected chi connectivity index (χ1v) is 8.91. The molecule has 0 radical (unpaired) electrons. The van der Waals surface area contributed by atoms with Crippen LogP contribution < -0.4 is 21.9 Å². The number of carbonyl (C=O) groups excluding carboxylic acids is 2. The van der Waals surface area contributed by atoms with Crippen LogP contribution in [0.15, 0.2) is 9.59 Å². The van der Waals surface area contributed by atoms with Crippen LogP contribution in [0.5, 0.6) is 0 Å². The fraction of sp³-hybridized carbons (Fsp3) is 0.647. The lowest BCUT2D eigenvalue weighted by molar-refractivity contribution is -0.149. The van der Waals surface area contributed by atoms with Gasteiger partial charge in [-0.25, -0.2) is 4.79 Å². The third-order valence-electron chi connectivity index (χ3n) is 4.59. The van der Waals surface area contributed by atoms with Gasteiger partial charge in [0.15, 0.2) is 12.3 Å². The number of rotatable bonds is 8. The first kappa shape index (κ1) is 19.7. The zero-order chi connectivity index (χ0) is 19.4. The SMILES string of the molecule is CCCCn1c(N)c(N(CC)C(=O)COC(=O)[C@H]2C[C@@H]2C)c(=O)[nH]c1=O. The van der Waals surface area contributed by atoms with Crippen molar-refractivity contribution in [1.82, 2.24) is 9.55 Å². The quantitative estimate of drug-likeness (QED) is 0.644. The highest BCUT2D eigenvalue weighted by atomic mass is 16.5. The molecule has 1 aromatic heterocycles. The third kappa shape index (κ3) is 4.14. The van der Waals surface area contributed by atoms with Crippen LogP contribution in [0.3, 0.4) is 0 Å². The van der Waals surface area contributed by atoms with Crippen LogP contribution in [0.25, 0.3) is 0 Å². The number of hydrogen-bond acceptors (Lipinski definition) is 6. The summed E-state index contributed by atoms with van der Waals surface area (Å²) in [7, 11) is 0. The fourth-order valence-corrected chi connectivity index (χ4v) is 2.80. The van der Waals surface area contributed by atoms with Gasteiger partial charge in [0.1, 0.15) is 5.82 Å². The number of nitrogens with zero attached hydrogens (tertiary/aromatic N) is 2. The summed E-state index contributed by atoms with van der Waals surface area (Å²) in [4.78, 5) is 51.8. The van der Waals surface area contributed by atoms with Crippen LogP contribution in [0, 0.1) is 11.8 Å². The largest absolute Gasteiger partial charge is 0.455 e. The molecule has 2 rings (SSSR count). The van der Waals surface area contributed by atoms with Crippen LogP contribution in [-0.4, -0.2) is 34.6 Å². The lowest BCUT2D eigenvalue weighted by Crippen LogP contribution is -2.42. The van der Waals surface area contributed by atoms with E-state index in [2.05, 4.69) is 4.98 Å². The minimum atomic E-state index is -0.738. The highest BCUT2D eigenvalue weighted by molar-refractivity contribution is 5.97. The van der Waals surface area contributed by atoms with Crippen LogP contribution in [0.1, 0.15) is 40.0 Å². The van der Waals surface area contributed by atoms with Crippen LogP contribution in [0.4, 0.5) is 11.5 Å². The van der Waals surface area contributed by atoms with Gasteiger partial charge < -0.3 is 15.4 Å². The Morgan fingerprint density at radius 3 is 2.54 bits per heavy atom. The first-order chi connectivity index (χ1) is 12.3. The number of unbranched alkanes of at least 4 members (excludes halogenated alkanes) is 1. The van der Waals surface area contributed by atoms with E-state index in [-0.39, 0.29) is 29.9 Å². The van der Waals surface area contributed by atoms with Gasteiger partial charge in [-0.15, -0.1) is 0 Å². The molecule has 0 spiro atoms. The summed E-state index contributed by atoms with van der Waals surface area (Å²) < 4.78 is 6.29. The Labute approximate surface area is 151 Å². The Kier molecular flexibility index (Phi) is 6.23. The van der Waals surface area contributed by atoms with Crippen molar-refractivity contribution in [2.45, 2.75) is 46.6 Å². The summed E-state index contributed by atoms with van der Waals surface area (Å²) in [6, 6.07) is 0. The maximum Gasteiger partial charge on any atom is 0.330 e. The second kappa shape index (κ2) is 8.20. The molecule has 1 aliphatic rings. The smallest absolute Gasteiger partial charge is 0.330 e. The van der Waals surface area contributed by atoms with Crippen molar-refractivity contribution in [3.8, 4) is 0 Å². The number of carbonyl (C=O) groups is 2. The molecule has 2 atom stereocenters. The molecule has 9 heteroatoms. The van der Waals surface area contributed by atoms with Crippen molar-refractivity contribution < 1.29 is 14.3 Å². The molecule has 26 heavy (non-hydrogen) atoms. The Hall–Kier alpha value is -2.58. The van der Waals surface area contributed by atoms with E-state index >= 15 is 0 Å². The number of nitrogens with two attached hydrogens (primary N) is 1. The number of amides is 1. The normalized spacial score (nSPS) is 18.4. The number of hydrogen-bond donors (Lipinski definition) is 2. The van der Waals surface area contributed by atoms with Gasteiger partial charge in [-0.3, -0.25) is 23.9 Å². The van der Waals surface area contributed by atoms with E-state index in [9.17, 15) is 19.2 Å². The molecule has 0 aromatic carbocycles. The van der Waals surface area contributed by atoms with Crippen molar-refractivity contribution in [1.29, 1.82) is 0 Å². The van der Waals surface area contributed by atoms with E-state index in [1.165, 1.54) is 4.57 Å². The van der Waals surface area contributed by atoms with Gasteiger partial charge in [0.2, 0.25) is 0 Å². The van der Waals surface area contributed by atoms with Gasteiger partial charge in [-0.1, -0.05) is 20.3 Å². The molecule has 1 heterocycles. The number of aromatic nitrogens is 2. The molecule has 144 valence electrons. The van der Waals surface area contributed by atoms with Gasteiger partial charge in [0, 0.05) is 13.1 Å². The van der Waals surface area contributed by atoms with Gasteiger partial charge in [0.25, 0.3) is 11.5 Å². The second-order valence-electron chi connectivity index (χ2n) is 6.56. The molecular weight excluding hydrogens is 340 g/mol. The monoisotopic (exact) mass is 366 g/mol. The van der Waals surface area contributed by atoms with Crippen LogP contribution in [0.2, 0.25) is 0 Å². The number of nitrogens with one attached hydrogen (secondary N) is 1. The Morgan fingerprint density at radius 2 is 2.00 bits per heavy atom. The molecule has 1 aliphatic carbocycles. The molecule has 1 amide bonds. The molecule has 1 fully saturated rings. The van der Waals surface area contributed by atoms with Gasteiger partial charge >= 0.3 is 11.7 Å². The lowest BCUT2D eigenvalue weighted by atomic mass is 10.3. The van der Waals surface area contributed by atoms with Crippen molar-refractivity contribution in [2.75, 3.05) is 23.8 Å². The summed E-state index contributed by atoms with van der Waals surface area (Å²) in [6.07, 6.45) is 2.30. The predicted molar refractivity (Wildman–Crippen MR) is 96.9 cm³/mol. The Balaban J connectivity index is 2.22. The van der Waals surface area contributed by atoms with Crippen molar-refractivity contribution >= 4 is 23.4 Å². The number of ether oxygens (including phenoxy) is 1. The zero-order valence-electron chi connectivity index (χ0n) is 15.4. The van der Waals surface area contributed by atoms with E-state index < -0.39 is 29.7 Å². The minimum absolute atomic E-state index is 0.0652. The highest BCUT2D eigenvalue weighted by Gasteiger charge is 2.40. The van der Waals surface area contributed by atoms with E-state index in [0.717, 1.165) is 17.7 Å². The molecule has 0 unspecified atom stereocenters. The van der Waals surface area contributed by atoms with E-state index in [4.69, 9.17) is 10.5 Å². The molecule has 3 N–H and O–H groups in total. The fourth-order valence-electron chi connectivity index (χ4n) is 2.80. The Bertz CT molecular complexity index is 797. The number of anilines is 2. The zero-order valence-corrected chi connectivity index (χ0v) is 15.4. The summed E-state index contributed by atoms with van der Waals surface area (Å²) >= 11 is 0. The molecule has 0 bridgehead atoms. The Morgan fingerprint density at radius 1 is 1.35 bits per heavy atom. The lowest BCUT2D eigenvalue weighted by Gasteiger charge is -2.23. The minimum Gasteiger partial charge on any atom is -0.455 e. The van der Waals surface area contributed by atoms with Crippen molar-refractivity contribution in [3.63, 3.8) is 0 Å². The predicted octanol–water partition coefficient (Wildman–Crippen LogP) is 0.471. The summed E-state index contributed by atoms with van der Waals surface area (Å²) in [5.41, 5.74) is 4.57. The standard InChI is InChI=1S/C17H26N4O5/c1-4-6-7-21-14(18)13(15(23)19-17(21)25)20(5-2)12(22)9-26-16(24)11-8-10(11)3/h10-11H,4-9,18H2,1-3H3,(H,19,23,25)/t10-,11-/m0/s1. The number of nitrogen functional groups attached to an aromatic ring is 1. The summed E-state index contributed by atoms with van der Waals surface area (Å²) in [6.45, 7) is 5.59. The topological polar surface area (TPSA) is 127 Å². The number of H-pyrrole nitrogens is 1. The van der Waals surface area contributed by atoms with Gasteiger partial charge in [0.05, 0.1) is 5.92 Å². The number of likely N-dealkylation sites (N-methyl/N-ethyl adjacent to an activating group) is 1. The van der Waals surface area contributed by atoms with Gasteiger partial charge in [-0.05, 0) is 25.7 Å². The molecule has 1 saturated carbocycles. The number of esters is 1.